The van der Waals surface area contributed by atoms with Gasteiger partial charge >= 0.3 is 0 Å². The number of primary amides is 1. The summed E-state index contributed by atoms with van der Waals surface area (Å²) in [6, 6.07) is 0. The van der Waals surface area contributed by atoms with Gasteiger partial charge in [0, 0.05) is 12.0 Å². The van der Waals surface area contributed by atoms with E-state index in [1.165, 1.54) is 0 Å². The van der Waals surface area contributed by atoms with Crippen LogP contribution in [0, 0.1) is 20.8 Å². The average Bonchev–Trinajstić information content (AvgIpc) is 2.33. The molecule has 1 aromatic rings. The normalized spacial score (nSPS) is 22.2. The fraction of sp³-hybridized carbons (Fsp3) is 0.500. The van der Waals surface area contributed by atoms with Crippen LogP contribution in [0.1, 0.15) is 35.6 Å². The predicted molar refractivity (Wildman–Crippen MR) is 68.9 cm³/mol. The quantitative estimate of drug-likeness (QED) is 0.798. The van der Waals surface area contributed by atoms with Crippen molar-refractivity contribution >= 4 is 5.91 Å². The van der Waals surface area contributed by atoms with Gasteiger partial charge in [0.2, 0.25) is 0 Å². The first-order valence-electron chi connectivity index (χ1n) is 6.08. The molecular formula is C14H19NO3. The Bertz CT molecular complexity index is 537. The maximum absolute atomic E-state index is 11.5. The number of phenolic OH excluding ortho intramolecular Hbond substituents is 1. The highest BCUT2D eigenvalue weighted by Gasteiger charge is 2.39. The summed E-state index contributed by atoms with van der Waals surface area (Å²) in [5.41, 5.74) is 7.93. The minimum absolute atomic E-state index is 0.317. The molecule has 1 aliphatic heterocycles. The Kier molecular flexibility index (Phi) is 2.76. The lowest BCUT2D eigenvalue weighted by Crippen LogP contribution is -2.48. The van der Waals surface area contributed by atoms with Crippen LogP contribution in [0.5, 0.6) is 11.5 Å². The third-order valence-electron chi connectivity index (χ3n) is 4.04. The second-order valence-electron chi connectivity index (χ2n) is 5.23. The molecule has 1 aliphatic rings. The van der Waals surface area contributed by atoms with Crippen LogP contribution in [-0.4, -0.2) is 16.6 Å². The lowest BCUT2D eigenvalue weighted by Gasteiger charge is -2.35. The molecule has 1 heterocycles. The molecule has 0 fully saturated rings. The van der Waals surface area contributed by atoms with Gasteiger partial charge in [0.25, 0.3) is 5.91 Å². The van der Waals surface area contributed by atoms with Crippen molar-refractivity contribution in [1.82, 2.24) is 0 Å². The van der Waals surface area contributed by atoms with E-state index in [0.717, 1.165) is 22.3 Å². The van der Waals surface area contributed by atoms with E-state index in [2.05, 4.69) is 0 Å². The van der Waals surface area contributed by atoms with Gasteiger partial charge in [-0.05, 0) is 50.8 Å². The summed E-state index contributed by atoms with van der Waals surface area (Å²) in [6.45, 7) is 7.32. The van der Waals surface area contributed by atoms with Crippen molar-refractivity contribution in [3.63, 3.8) is 0 Å². The third kappa shape index (κ3) is 1.64. The maximum Gasteiger partial charge on any atom is 0.261 e. The highest BCUT2D eigenvalue weighted by atomic mass is 16.5. The van der Waals surface area contributed by atoms with Crippen LogP contribution in [0.3, 0.4) is 0 Å². The Morgan fingerprint density at radius 1 is 1.28 bits per heavy atom. The monoisotopic (exact) mass is 249 g/mol. The van der Waals surface area contributed by atoms with Crippen molar-refractivity contribution in [2.75, 3.05) is 0 Å². The van der Waals surface area contributed by atoms with Crippen LogP contribution in [-0.2, 0) is 11.2 Å². The van der Waals surface area contributed by atoms with E-state index in [9.17, 15) is 9.90 Å². The fourth-order valence-corrected chi connectivity index (χ4v) is 2.42. The van der Waals surface area contributed by atoms with E-state index in [4.69, 9.17) is 10.5 Å². The van der Waals surface area contributed by atoms with Crippen LogP contribution in [0.15, 0.2) is 0 Å². The SMILES string of the molecule is Cc1c(C)c2c(c(C)c1O)CC[C@@](C)(C(N)=O)O2. The van der Waals surface area contributed by atoms with Crippen molar-refractivity contribution in [2.24, 2.45) is 5.73 Å². The molecule has 2 rings (SSSR count). The van der Waals surface area contributed by atoms with E-state index < -0.39 is 11.5 Å². The Labute approximate surface area is 107 Å². The summed E-state index contributed by atoms with van der Waals surface area (Å²) in [4.78, 5) is 11.5. The summed E-state index contributed by atoms with van der Waals surface area (Å²) >= 11 is 0. The predicted octanol–water partition coefficient (Wildman–Crippen LogP) is 1.89. The molecule has 0 radical (unpaired) electrons. The van der Waals surface area contributed by atoms with E-state index in [1.807, 2.05) is 20.8 Å². The van der Waals surface area contributed by atoms with Gasteiger partial charge in [-0.2, -0.15) is 0 Å². The number of carbonyl (C=O) groups is 1. The Hall–Kier alpha value is -1.71. The number of hydrogen-bond acceptors (Lipinski definition) is 3. The molecule has 1 aromatic carbocycles. The number of amides is 1. The van der Waals surface area contributed by atoms with Crippen LogP contribution >= 0.6 is 0 Å². The number of aromatic hydroxyl groups is 1. The summed E-state index contributed by atoms with van der Waals surface area (Å²) in [7, 11) is 0. The molecule has 3 N–H and O–H groups in total. The van der Waals surface area contributed by atoms with Gasteiger partial charge in [-0.1, -0.05) is 0 Å². The summed E-state index contributed by atoms with van der Waals surface area (Å²) in [6.07, 6.45) is 1.23. The van der Waals surface area contributed by atoms with Crippen LogP contribution in [0.25, 0.3) is 0 Å². The van der Waals surface area contributed by atoms with Gasteiger partial charge in [0.05, 0.1) is 0 Å². The molecular weight excluding hydrogens is 230 g/mol. The number of rotatable bonds is 1. The van der Waals surface area contributed by atoms with Gasteiger partial charge in [-0.25, -0.2) is 0 Å². The molecule has 18 heavy (non-hydrogen) atoms. The van der Waals surface area contributed by atoms with E-state index in [0.29, 0.717) is 24.3 Å². The second-order valence-corrected chi connectivity index (χ2v) is 5.23. The van der Waals surface area contributed by atoms with Crippen LogP contribution < -0.4 is 10.5 Å². The van der Waals surface area contributed by atoms with E-state index in [1.54, 1.807) is 6.92 Å². The lowest BCUT2D eigenvalue weighted by molar-refractivity contribution is -0.133. The third-order valence-corrected chi connectivity index (χ3v) is 4.04. The first-order chi connectivity index (χ1) is 8.28. The molecule has 98 valence electrons. The molecule has 0 bridgehead atoms. The van der Waals surface area contributed by atoms with Gasteiger partial charge < -0.3 is 15.6 Å². The molecule has 4 nitrogen and oxygen atoms in total. The molecule has 0 saturated heterocycles. The largest absolute Gasteiger partial charge is 0.507 e. The number of phenols is 1. The number of nitrogens with two attached hydrogens (primary N) is 1. The number of carbonyl (C=O) groups excluding carboxylic acids is 1. The standard InChI is InChI=1S/C14H19NO3/c1-7-8(2)12-10(9(3)11(7)16)5-6-14(4,18-12)13(15)17/h16H,5-6H2,1-4H3,(H2,15,17)/t14-/m0/s1. The molecule has 0 unspecified atom stereocenters. The minimum Gasteiger partial charge on any atom is -0.507 e. The highest BCUT2D eigenvalue weighted by molar-refractivity contribution is 5.84. The van der Waals surface area contributed by atoms with E-state index in [-0.39, 0.29) is 0 Å². The maximum atomic E-state index is 11.5. The molecule has 0 spiro atoms. The van der Waals surface area contributed by atoms with Gasteiger partial charge in [-0.3, -0.25) is 4.79 Å². The zero-order valence-corrected chi connectivity index (χ0v) is 11.3. The van der Waals surface area contributed by atoms with Crippen molar-refractivity contribution < 1.29 is 14.6 Å². The van der Waals surface area contributed by atoms with Crippen molar-refractivity contribution in [2.45, 2.75) is 46.1 Å². The Morgan fingerprint density at radius 3 is 2.44 bits per heavy atom. The Balaban J connectivity index is 2.61. The fourth-order valence-electron chi connectivity index (χ4n) is 2.42. The van der Waals surface area contributed by atoms with Crippen molar-refractivity contribution in [1.29, 1.82) is 0 Å². The second kappa shape index (κ2) is 3.90. The first-order valence-corrected chi connectivity index (χ1v) is 6.08. The van der Waals surface area contributed by atoms with Gasteiger partial charge in [0.15, 0.2) is 5.60 Å². The molecule has 0 saturated carbocycles. The molecule has 0 aromatic heterocycles. The summed E-state index contributed by atoms with van der Waals surface area (Å²) in [5.74, 6) is 0.573. The highest BCUT2D eigenvalue weighted by Crippen LogP contribution is 2.43. The smallest absolute Gasteiger partial charge is 0.261 e. The topological polar surface area (TPSA) is 72.5 Å². The van der Waals surface area contributed by atoms with E-state index >= 15 is 0 Å². The zero-order chi connectivity index (χ0) is 13.7. The van der Waals surface area contributed by atoms with Crippen molar-refractivity contribution in [3.8, 4) is 11.5 Å². The average molecular weight is 249 g/mol. The van der Waals surface area contributed by atoms with Gasteiger partial charge in [0.1, 0.15) is 11.5 Å². The van der Waals surface area contributed by atoms with Crippen LogP contribution in [0.2, 0.25) is 0 Å². The number of fused-ring (bicyclic) bond motifs is 1. The number of ether oxygens (including phenoxy) is 1. The first kappa shape index (κ1) is 12.7. The molecule has 1 amide bonds. The van der Waals surface area contributed by atoms with Crippen molar-refractivity contribution in [3.05, 3.63) is 22.3 Å². The summed E-state index contributed by atoms with van der Waals surface area (Å²) in [5, 5.41) is 10.0. The zero-order valence-electron chi connectivity index (χ0n) is 11.3. The van der Waals surface area contributed by atoms with Gasteiger partial charge in [-0.15, -0.1) is 0 Å². The van der Waals surface area contributed by atoms with Crippen LogP contribution in [0.4, 0.5) is 0 Å². The lowest BCUT2D eigenvalue weighted by atomic mass is 9.87. The molecule has 4 heteroatoms. The Morgan fingerprint density at radius 2 is 1.89 bits per heavy atom. The number of hydrogen-bond donors (Lipinski definition) is 2. The summed E-state index contributed by atoms with van der Waals surface area (Å²) < 4.78 is 5.84. The minimum atomic E-state index is -0.951. The molecule has 0 aliphatic carbocycles. The molecule has 1 atom stereocenters. The number of benzene rings is 1.